The molecule has 8 heteroatoms. The van der Waals surface area contributed by atoms with Gasteiger partial charge in [0.25, 0.3) is 5.91 Å². The average Bonchev–Trinajstić information content (AvgIpc) is 3.05. The Morgan fingerprint density at radius 1 is 1.55 bits per heavy atom. The summed E-state index contributed by atoms with van der Waals surface area (Å²) in [4.78, 5) is 29.8. The number of aromatic amines is 1. The fourth-order valence-electron chi connectivity index (χ4n) is 1.48. The van der Waals surface area contributed by atoms with Crippen molar-refractivity contribution in [2.75, 3.05) is 11.9 Å². The Hall–Kier alpha value is -2.19. The van der Waals surface area contributed by atoms with Crippen molar-refractivity contribution < 1.29 is 9.59 Å². The Labute approximate surface area is 119 Å². The summed E-state index contributed by atoms with van der Waals surface area (Å²) in [5.74, 6) is -0.965. The van der Waals surface area contributed by atoms with E-state index in [4.69, 9.17) is 11.5 Å². The molecule has 20 heavy (non-hydrogen) atoms. The van der Waals surface area contributed by atoms with Crippen LogP contribution in [-0.2, 0) is 4.79 Å². The molecular formula is C12H15N5O2S. The highest BCUT2D eigenvalue weighted by Crippen LogP contribution is 2.25. The van der Waals surface area contributed by atoms with Crippen LogP contribution in [0.4, 0.5) is 5.13 Å². The van der Waals surface area contributed by atoms with Gasteiger partial charge in [0.15, 0.2) is 5.13 Å². The lowest BCUT2D eigenvalue weighted by molar-refractivity contribution is -0.119. The molecule has 0 saturated heterocycles. The van der Waals surface area contributed by atoms with Crippen molar-refractivity contribution in [2.24, 2.45) is 17.4 Å². The maximum absolute atomic E-state index is 11.7. The van der Waals surface area contributed by atoms with Gasteiger partial charge in [0, 0.05) is 29.6 Å². The second-order valence-electron chi connectivity index (χ2n) is 4.33. The van der Waals surface area contributed by atoms with E-state index in [0.717, 1.165) is 5.56 Å². The van der Waals surface area contributed by atoms with Crippen LogP contribution in [0.1, 0.15) is 17.4 Å². The van der Waals surface area contributed by atoms with E-state index in [1.54, 1.807) is 24.6 Å². The van der Waals surface area contributed by atoms with Gasteiger partial charge >= 0.3 is 0 Å². The summed E-state index contributed by atoms with van der Waals surface area (Å²) in [5.41, 5.74) is 12.3. The molecule has 0 radical (unpaired) electrons. The highest BCUT2D eigenvalue weighted by Gasteiger charge is 2.14. The number of anilines is 1. The standard InChI is InChI=1S/C12H15N5O2S/c1-6(3-13)11(19)17-12-16-9(5-20-12)7-2-8(10(14)18)15-4-7/h2,4-6,15H,3,13H2,1H3,(H2,14,18)(H,16,17,19). The molecule has 0 saturated carbocycles. The van der Waals surface area contributed by atoms with Gasteiger partial charge in [-0.15, -0.1) is 11.3 Å². The molecule has 0 spiro atoms. The van der Waals surface area contributed by atoms with Crippen molar-refractivity contribution in [1.29, 1.82) is 0 Å². The molecule has 2 heterocycles. The summed E-state index contributed by atoms with van der Waals surface area (Å²) in [6, 6.07) is 1.62. The quantitative estimate of drug-likeness (QED) is 0.649. The summed E-state index contributed by atoms with van der Waals surface area (Å²) in [6.07, 6.45) is 1.64. The van der Waals surface area contributed by atoms with E-state index in [1.807, 2.05) is 0 Å². The summed E-state index contributed by atoms with van der Waals surface area (Å²) >= 11 is 1.30. The van der Waals surface area contributed by atoms with Crippen molar-refractivity contribution in [2.45, 2.75) is 6.92 Å². The molecule has 0 aromatic carbocycles. The zero-order valence-electron chi connectivity index (χ0n) is 10.8. The molecule has 2 rings (SSSR count). The number of rotatable bonds is 5. The maximum Gasteiger partial charge on any atom is 0.265 e. The molecule has 0 aliphatic rings. The molecule has 2 aromatic rings. The highest BCUT2D eigenvalue weighted by atomic mass is 32.1. The minimum absolute atomic E-state index is 0.166. The Morgan fingerprint density at radius 2 is 2.30 bits per heavy atom. The number of carbonyl (C=O) groups is 2. The third-order valence-corrected chi connectivity index (χ3v) is 3.54. The van der Waals surface area contributed by atoms with E-state index >= 15 is 0 Å². The zero-order chi connectivity index (χ0) is 14.7. The normalized spacial score (nSPS) is 12.1. The number of carbonyl (C=O) groups excluding carboxylic acids is 2. The first kappa shape index (κ1) is 14.2. The van der Waals surface area contributed by atoms with Crippen molar-refractivity contribution >= 4 is 28.3 Å². The highest BCUT2D eigenvalue weighted by molar-refractivity contribution is 7.14. The monoisotopic (exact) mass is 293 g/mol. The molecule has 1 unspecified atom stereocenters. The van der Waals surface area contributed by atoms with Crippen LogP contribution in [-0.4, -0.2) is 28.3 Å². The van der Waals surface area contributed by atoms with Crippen molar-refractivity contribution in [3.05, 3.63) is 23.3 Å². The van der Waals surface area contributed by atoms with Crippen LogP contribution >= 0.6 is 11.3 Å². The van der Waals surface area contributed by atoms with Gasteiger partial charge in [0.2, 0.25) is 5.91 Å². The predicted octanol–water partition coefficient (Wildman–Crippen LogP) is 0.770. The molecular weight excluding hydrogens is 278 g/mol. The first-order valence-corrected chi connectivity index (χ1v) is 6.84. The van der Waals surface area contributed by atoms with E-state index in [9.17, 15) is 9.59 Å². The smallest absolute Gasteiger partial charge is 0.265 e. The van der Waals surface area contributed by atoms with Crippen LogP contribution in [0, 0.1) is 5.92 Å². The van der Waals surface area contributed by atoms with E-state index in [0.29, 0.717) is 16.5 Å². The van der Waals surface area contributed by atoms with E-state index in [1.165, 1.54) is 11.3 Å². The predicted molar refractivity (Wildman–Crippen MR) is 77.3 cm³/mol. The maximum atomic E-state index is 11.7. The summed E-state index contributed by atoms with van der Waals surface area (Å²) in [7, 11) is 0. The van der Waals surface area contributed by atoms with Crippen LogP contribution < -0.4 is 16.8 Å². The largest absolute Gasteiger partial charge is 0.364 e. The number of hydrogen-bond donors (Lipinski definition) is 4. The molecule has 0 bridgehead atoms. The van der Waals surface area contributed by atoms with Crippen molar-refractivity contribution in [1.82, 2.24) is 9.97 Å². The van der Waals surface area contributed by atoms with Gasteiger partial charge in [-0.05, 0) is 6.07 Å². The molecule has 2 aromatic heterocycles. The minimum atomic E-state index is -0.531. The number of nitrogens with zero attached hydrogens (tertiary/aromatic N) is 1. The van der Waals surface area contributed by atoms with Gasteiger partial charge in [0.05, 0.1) is 5.69 Å². The summed E-state index contributed by atoms with van der Waals surface area (Å²) < 4.78 is 0. The van der Waals surface area contributed by atoms with Crippen LogP contribution in [0.2, 0.25) is 0 Å². The Bertz CT molecular complexity index is 633. The third kappa shape index (κ3) is 3.03. The lowest BCUT2D eigenvalue weighted by atomic mass is 10.2. The second-order valence-corrected chi connectivity index (χ2v) is 5.19. The Morgan fingerprint density at radius 3 is 2.90 bits per heavy atom. The molecule has 0 aliphatic heterocycles. The number of nitrogens with one attached hydrogen (secondary N) is 2. The third-order valence-electron chi connectivity index (χ3n) is 2.78. The SMILES string of the molecule is CC(CN)C(=O)Nc1nc(-c2c[nH]c(C(N)=O)c2)cs1. The van der Waals surface area contributed by atoms with Gasteiger partial charge in [0.1, 0.15) is 5.69 Å². The van der Waals surface area contributed by atoms with Gasteiger partial charge in [-0.3, -0.25) is 9.59 Å². The molecule has 0 aliphatic carbocycles. The van der Waals surface area contributed by atoms with Crippen LogP contribution in [0.25, 0.3) is 11.3 Å². The number of aromatic nitrogens is 2. The zero-order valence-corrected chi connectivity index (χ0v) is 11.7. The molecule has 1 atom stereocenters. The Kier molecular flexibility index (Phi) is 4.16. The topological polar surface area (TPSA) is 127 Å². The molecule has 106 valence electrons. The number of H-pyrrole nitrogens is 1. The molecule has 2 amide bonds. The first-order chi connectivity index (χ1) is 9.51. The molecule has 7 nitrogen and oxygen atoms in total. The van der Waals surface area contributed by atoms with Crippen LogP contribution in [0.5, 0.6) is 0 Å². The number of hydrogen-bond acceptors (Lipinski definition) is 5. The molecule has 6 N–H and O–H groups in total. The lowest BCUT2D eigenvalue weighted by Gasteiger charge is -2.06. The van der Waals surface area contributed by atoms with Gasteiger partial charge < -0.3 is 21.8 Å². The first-order valence-electron chi connectivity index (χ1n) is 5.96. The number of thiazole rings is 1. The van der Waals surface area contributed by atoms with E-state index < -0.39 is 5.91 Å². The fraction of sp³-hybridized carbons (Fsp3) is 0.250. The van der Waals surface area contributed by atoms with Gasteiger partial charge in [-0.25, -0.2) is 4.98 Å². The number of nitrogens with two attached hydrogens (primary N) is 2. The summed E-state index contributed by atoms with van der Waals surface area (Å²) in [5, 5.41) is 4.98. The van der Waals surface area contributed by atoms with Gasteiger partial charge in [-0.2, -0.15) is 0 Å². The van der Waals surface area contributed by atoms with Gasteiger partial charge in [-0.1, -0.05) is 6.92 Å². The summed E-state index contributed by atoms with van der Waals surface area (Å²) in [6.45, 7) is 2.03. The van der Waals surface area contributed by atoms with Crippen molar-refractivity contribution in [3.8, 4) is 11.3 Å². The number of amides is 2. The Balaban J connectivity index is 2.12. The van der Waals surface area contributed by atoms with Crippen molar-refractivity contribution in [3.63, 3.8) is 0 Å². The second kappa shape index (κ2) is 5.85. The van der Waals surface area contributed by atoms with Crippen LogP contribution in [0.3, 0.4) is 0 Å². The number of primary amides is 1. The molecule has 0 fully saturated rings. The lowest BCUT2D eigenvalue weighted by Crippen LogP contribution is -2.26. The van der Waals surface area contributed by atoms with Crippen LogP contribution in [0.15, 0.2) is 17.6 Å². The van der Waals surface area contributed by atoms with E-state index in [2.05, 4.69) is 15.3 Å². The minimum Gasteiger partial charge on any atom is -0.364 e. The van der Waals surface area contributed by atoms with E-state index in [-0.39, 0.29) is 18.4 Å². The fourth-order valence-corrected chi connectivity index (χ4v) is 2.21. The average molecular weight is 293 g/mol.